The van der Waals surface area contributed by atoms with Crippen LogP contribution in [0.25, 0.3) is 11.2 Å². The van der Waals surface area contributed by atoms with Crippen molar-refractivity contribution in [2.45, 2.75) is 20.0 Å². The molecule has 0 unspecified atom stereocenters. The molecular formula is C21H32N8O4. The third kappa shape index (κ3) is 4.35. The molecule has 12 heteroatoms. The minimum Gasteiger partial charge on any atom is -0.379 e. The van der Waals surface area contributed by atoms with E-state index < -0.39 is 0 Å². The smallest absolute Gasteiger partial charge is 0.332 e. The number of hydrogen-bond donors (Lipinski definition) is 0. The largest absolute Gasteiger partial charge is 0.379 e. The van der Waals surface area contributed by atoms with Crippen LogP contribution in [-0.2, 0) is 29.6 Å². The van der Waals surface area contributed by atoms with Crippen LogP contribution in [0.5, 0.6) is 0 Å². The summed E-state index contributed by atoms with van der Waals surface area (Å²) in [6.45, 7) is 11.2. The standard InChI is InChI=1S/C21H32N8O4/c1-16-15-28-17-18(22-20(28)29(23-16)6-4-26-9-13-33-14-10-26)24(2)21(31)27(19(17)30)5-3-25-7-11-32-12-8-25/h3-15H2,1-2H3. The molecule has 5 heterocycles. The van der Waals surface area contributed by atoms with Gasteiger partial charge in [-0.2, -0.15) is 10.1 Å². The van der Waals surface area contributed by atoms with Crippen molar-refractivity contribution in [1.29, 1.82) is 0 Å². The van der Waals surface area contributed by atoms with Gasteiger partial charge in [-0.3, -0.25) is 28.3 Å². The summed E-state index contributed by atoms with van der Waals surface area (Å²) in [4.78, 5) is 35.8. The molecule has 0 atom stereocenters. The molecule has 3 aliphatic heterocycles. The van der Waals surface area contributed by atoms with Crippen molar-refractivity contribution in [2.24, 2.45) is 12.1 Å². The Kier molecular flexibility index (Phi) is 6.32. The van der Waals surface area contributed by atoms with Crippen molar-refractivity contribution in [3.05, 3.63) is 20.8 Å². The zero-order valence-electron chi connectivity index (χ0n) is 19.4. The third-order valence-corrected chi connectivity index (χ3v) is 6.60. The van der Waals surface area contributed by atoms with Gasteiger partial charge in [0.05, 0.1) is 45.2 Å². The molecule has 0 radical (unpaired) electrons. The Morgan fingerprint density at radius 2 is 1.48 bits per heavy atom. The van der Waals surface area contributed by atoms with Crippen LogP contribution in [0.15, 0.2) is 14.7 Å². The first-order chi connectivity index (χ1) is 16.0. The van der Waals surface area contributed by atoms with Crippen LogP contribution in [0, 0.1) is 0 Å². The highest BCUT2D eigenvalue weighted by Gasteiger charge is 2.27. The Labute approximate surface area is 191 Å². The first kappa shape index (κ1) is 22.3. The summed E-state index contributed by atoms with van der Waals surface area (Å²) >= 11 is 0. The zero-order valence-corrected chi connectivity index (χ0v) is 19.4. The van der Waals surface area contributed by atoms with Crippen molar-refractivity contribution in [3.8, 4) is 0 Å². The van der Waals surface area contributed by atoms with Gasteiger partial charge in [-0.25, -0.2) is 9.80 Å². The molecule has 2 fully saturated rings. The molecule has 33 heavy (non-hydrogen) atoms. The first-order valence-corrected chi connectivity index (χ1v) is 11.6. The van der Waals surface area contributed by atoms with Crippen LogP contribution >= 0.6 is 0 Å². The molecule has 0 spiro atoms. The van der Waals surface area contributed by atoms with Crippen molar-refractivity contribution >= 4 is 22.8 Å². The number of ether oxygens (including phenoxy) is 2. The maximum atomic E-state index is 13.5. The van der Waals surface area contributed by atoms with Crippen LogP contribution in [0.3, 0.4) is 0 Å². The summed E-state index contributed by atoms with van der Waals surface area (Å²) < 4.78 is 15.6. The fraction of sp³-hybridized carbons (Fsp3) is 0.714. The lowest BCUT2D eigenvalue weighted by Gasteiger charge is -2.30. The quantitative estimate of drug-likeness (QED) is 0.528. The monoisotopic (exact) mass is 460 g/mol. The highest BCUT2D eigenvalue weighted by molar-refractivity contribution is 5.87. The van der Waals surface area contributed by atoms with E-state index in [0.717, 1.165) is 51.6 Å². The number of aromatic nitrogens is 4. The van der Waals surface area contributed by atoms with Crippen molar-refractivity contribution < 1.29 is 9.47 Å². The van der Waals surface area contributed by atoms with Gasteiger partial charge in [0.25, 0.3) is 5.56 Å². The molecule has 0 N–H and O–H groups in total. The SMILES string of the molecule is CC1=NN(CCN2CCOCC2)c2nc3c(c(=O)n(CCN4CCOCC4)c(=O)n3C)n2C1. The van der Waals surface area contributed by atoms with Crippen LogP contribution in [-0.4, -0.2) is 106 Å². The predicted octanol–water partition coefficient (Wildman–Crippen LogP) is -1.24. The predicted molar refractivity (Wildman–Crippen MR) is 124 cm³/mol. The molecule has 12 nitrogen and oxygen atoms in total. The lowest BCUT2D eigenvalue weighted by Crippen LogP contribution is -2.44. The highest BCUT2D eigenvalue weighted by atomic mass is 16.5. The summed E-state index contributed by atoms with van der Waals surface area (Å²) in [7, 11) is 1.68. The Hall–Kier alpha value is -2.54. The Morgan fingerprint density at radius 3 is 2.12 bits per heavy atom. The van der Waals surface area contributed by atoms with E-state index in [1.165, 1.54) is 9.13 Å². The first-order valence-electron chi connectivity index (χ1n) is 11.6. The van der Waals surface area contributed by atoms with Crippen LogP contribution < -0.4 is 16.3 Å². The number of hydrogen-bond acceptors (Lipinski definition) is 9. The number of hydrazone groups is 1. The van der Waals surface area contributed by atoms with Crippen LogP contribution in [0.4, 0.5) is 5.95 Å². The second kappa shape index (κ2) is 9.37. The summed E-state index contributed by atoms with van der Waals surface area (Å²) in [5, 5.41) is 6.56. The highest BCUT2D eigenvalue weighted by Crippen LogP contribution is 2.23. The second-order valence-electron chi connectivity index (χ2n) is 8.83. The topological polar surface area (TPSA) is 102 Å². The molecule has 3 aliphatic rings. The normalized spacial score (nSPS) is 20.3. The average Bonchev–Trinajstić information content (AvgIpc) is 3.22. The zero-order chi connectivity index (χ0) is 22.9. The number of anilines is 1. The van der Waals surface area contributed by atoms with Gasteiger partial charge in [0.2, 0.25) is 5.95 Å². The Bertz CT molecular complexity index is 1150. The van der Waals surface area contributed by atoms with Gasteiger partial charge in [-0.1, -0.05) is 0 Å². The molecule has 0 aliphatic carbocycles. The Morgan fingerprint density at radius 1 is 0.879 bits per heavy atom. The molecule has 0 saturated carbocycles. The fourth-order valence-electron chi connectivity index (χ4n) is 4.69. The van der Waals surface area contributed by atoms with E-state index in [1.807, 2.05) is 16.5 Å². The van der Waals surface area contributed by atoms with Gasteiger partial charge < -0.3 is 9.47 Å². The van der Waals surface area contributed by atoms with E-state index >= 15 is 0 Å². The average molecular weight is 461 g/mol. The molecule has 0 bridgehead atoms. The van der Waals surface area contributed by atoms with Gasteiger partial charge in [-0.15, -0.1) is 0 Å². The minimum absolute atomic E-state index is 0.289. The fourth-order valence-corrected chi connectivity index (χ4v) is 4.69. The molecule has 0 amide bonds. The van der Waals surface area contributed by atoms with Gasteiger partial charge in [0.1, 0.15) is 0 Å². The summed E-state index contributed by atoms with van der Waals surface area (Å²) in [5.74, 6) is 0.613. The van der Waals surface area contributed by atoms with Gasteiger partial charge in [0, 0.05) is 52.9 Å². The molecule has 0 aromatic carbocycles. The van der Waals surface area contributed by atoms with Crippen LogP contribution in [0.1, 0.15) is 6.92 Å². The Balaban J connectivity index is 1.46. The number of fused-ring (bicyclic) bond motifs is 3. The van der Waals surface area contributed by atoms with E-state index in [0.29, 0.717) is 56.5 Å². The number of imidazole rings is 1. The maximum absolute atomic E-state index is 13.5. The molecule has 2 aromatic rings. The maximum Gasteiger partial charge on any atom is 0.332 e. The number of morpholine rings is 2. The van der Waals surface area contributed by atoms with Crippen molar-refractivity contribution in [1.82, 2.24) is 28.5 Å². The van der Waals surface area contributed by atoms with E-state index in [4.69, 9.17) is 19.6 Å². The summed E-state index contributed by atoms with van der Waals surface area (Å²) in [5.41, 5.74) is 1.14. The molecular weight excluding hydrogens is 428 g/mol. The molecule has 5 rings (SSSR count). The van der Waals surface area contributed by atoms with Gasteiger partial charge in [0.15, 0.2) is 11.2 Å². The molecule has 2 saturated heterocycles. The van der Waals surface area contributed by atoms with E-state index in [1.54, 1.807) is 7.05 Å². The molecule has 180 valence electrons. The van der Waals surface area contributed by atoms with E-state index in [2.05, 4.69) is 9.80 Å². The number of aryl methyl sites for hydroxylation is 1. The summed E-state index contributed by atoms with van der Waals surface area (Å²) in [6, 6.07) is 0. The summed E-state index contributed by atoms with van der Waals surface area (Å²) in [6.07, 6.45) is 0. The van der Waals surface area contributed by atoms with Gasteiger partial charge in [-0.05, 0) is 6.92 Å². The third-order valence-electron chi connectivity index (χ3n) is 6.60. The lowest BCUT2D eigenvalue weighted by atomic mass is 10.3. The van der Waals surface area contributed by atoms with Crippen LogP contribution in [0.2, 0.25) is 0 Å². The lowest BCUT2D eigenvalue weighted by molar-refractivity contribution is 0.0361. The van der Waals surface area contributed by atoms with E-state index in [-0.39, 0.29) is 11.2 Å². The molecule has 2 aromatic heterocycles. The second-order valence-corrected chi connectivity index (χ2v) is 8.83. The van der Waals surface area contributed by atoms with Gasteiger partial charge >= 0.3 is 5.69 Å². The van der Waals surface area contributed by atoms with E-state index in [9.17, 15) is 9.59 Å². The van der Waals surface area contributed by atoms with Crippen molar-refractivity contribution in [3.63, 3.8) is 0 Å². The number of nitrogens with zero attached hydrogens (tertiary/aromatic N) is 8. The number of rotatable bonds is 6. The minimum atomic E-state index is -0.339. The van der Waals surface area contributed by atoms with Crippen molar-refractivity contribution in [2.75, 3.05) is 77.2 Å².